The molecule has 0 radical (unpaired) electrons. The maximum Gasteiger partial charge on any atom is 0.240 e. The number of nitrogens with zero attached hydrogens (tertiary/aromatic N) is 4. The molecule has 0 aliphatic heterocycles. The molecule has 0 amide bonds. The number of aryl methyl sites for hydroxylation is 1. The molecule has 0 atom stereocenters. The Hall–Kier alpha value is -2.31. The van der Waals surface area contributed by atoms with Gasteiger partial charge < -0.3 is 0 Å². The number of hydrogen-bond acceptors (Lipinski definition) is 5. The van der Waals surface area contributed by atoms with E-state index in [1.807, 2.05) is 0 Å². The summed E-state index contributed by atoms with van der Waals surface area (Å²) in [5.74, 6) is -0.244. The maximum absolute atomic E-state index is 13.2. The van der Waals surface area contributed by atoms with E-state index in [4.69, 9.17) is 5.26 Å². The summed E-state index contributed by atoms with van der Waals surface area (Å²) in [6, 6.07) is 4.66. The molecule has 0 unspecified atom stereocenters. The van der Waals surface area contributed by atoms with Crippen LogP contribution in [0.25, 0.3) is 0 Å². The maximum atomic E-state index is 13.2. The first-order chi connectivity index (χ1) is 9.92. The second-order valence-corrected chi connectivity index (χ2v) is 6.00. The van der Waals surface area contributed by atoms with Crippen LogP contribution in [0.4, 0.5) is 4.39 Å². The van der Waals surface area contributed by atoms with Crippen molar-refractivity contribution in [3.63, 3.8) is 0 Å². The average Bonchev–Trinajstić information content (AvgIpc) is 2.84. The van der Waals surface area contributed by atoms with E-state index in [1.165, 1.54) is 11.0 Å². The SMILES string of the molecule is Cn1cnc(CCNS(=O)(=O)c2ccc(F)c(C#N)c2)n1. The fraction of sp³-hybridized carbons (Fsp3) is 0.250. The van der Waals surface area contributed by atoms with Gasteiger partial charge in [-0.3, -0.25) is 4.68 Å². The van der Waals surface area contributed by atoms with Crippen molar-refractivity contribution in [3.8, 4) is 6.07 Å². The molecule has 0 saturated heterocycles. The highest BCUT2D eigenvalue weighted by atomic mass is 32.2. The van der Waals surface area contributed by atoms with Crippen molar-refractivity contribution in [2.75, 3.05) is 6.54 Å². The van der Waals surface area contributed by atoms with Crippen molar-refractivity contribution < 1.29 is 12.8 Å². The molecule has 0 aliphatic rings. The van der Waals surface area contributed by atoms with Gasteiger partial charge in [-0.25, -0.2) is 22.5 Å². The molecule has 7 nitrogen and oxygen atoms in total. The first-order valence-electron chi connectivity index (χ1n) is 5.96. The average molecular weight is 309 g/mol. The van der Waals surface area contributed by atoms with E-state index < -0.39 is 15.8 Å². The van der Waals surface area contributed by atoms with Crippen LogP contribution < -0.4 is 4.72 Å². The Kier molecular flexibility index (Phi) is 4.30. The lowest BCUT2D eigenvalue weighted by Crippen LogP contribution is -2.26. The third-order valence-electron chi connectivity index (χ3n) is 2.66. The van der Waals surface area contributed by atoms with Gasteiger partial charge in [-0.2, -0.15) is 10.4 Å². The van der Waals surface area contributed by atoms with E-state index in [0.29, 0.717) is 12.2 Å². The van der Waals surface area contributed by atoms with Gasteiger partial charge in [0.25, 0.3) is 0 Å². The zero-order valence-corrected chi connectivity index (χ0v) is 11.9. The Bertz CT molecular complexity index is 794. The Labute approximate surface area is 121 Å². The van der Waals surface area contributed by atoms with Crippen LogP contribution in [-0.4, -0.2) is 29.7 Å². The number of nitriles is 1. The minimum Gasteiger partial charge on any atom is -0.256 e. The van der Waals surface area contributed by atoms with Crippen LogP contribution in [0, 0.1) is 17.1 Å². The minimum atomic E-state index is -3.80. The summed E-state index contributed by atoms with van der Waals surface area (Å²) in [5.41, 5.74) is -0.315. The van der Waals surface area contributed by atoms with Gasteiger partial charge in [-0.15, -0.1) is 0 Å². The predicted molar refractivity (Wildman–Crippen MR) is 71.0 cm³/mol. The van der Waals surface area contributed by atoms with E-state index in [1.54, 1.807) is 13.1 Å². The first-order valence-corrected chi connectivity index (χ1v) is 7.44. The summed E-state index contributed by atoms with van der Waals surface area (Å²) < 4.78 is 41.1. The molecule has 21 heavy (non-hydrogen) atoms. The van der Waals surface area contributed by atoms with Gasteiger partial charge in [0.1, 0.15) is 18.2 Å². The highest BCUT2D eigenvalue weighted by Gasteiger charge is 2.16. The second kappa shape index (κ2) is 5.99. The lowest BCUT2D eigenvalue weighted by Gasteiger charge is -2.06. The van der Waals surface area contributed by atoms with Crippen LogP contribution >= 0.6 is 0 Å². The van der Waals surface area contributed by atoms with Gasteiger partial charge in [-0.05, 0) is 18.2 Å². The molecule has 0 fully saturated rings. The van der Waals surface area contributed by atoms with Crippen molar-refractivity contribution in [2.45, 2.75) is 11.3 Å². The zero-order chi connectivity index (χ0) is 15.5. The van der Waals surface area contributed by atoms with Crippen LogP contribution in [0.1, 0.15) is 11.4 Å². The summed E-state index contributed by atoms with van der Waals surface area (Å²) in [6.07, 6.45) is 1.84. The molecule has 2 rings (SSSR count). The van der Waals surface area contributed by atoms with E-state index in [0.717, 1.165) is 18.2 Å². The molecule has 0 spiro atoms. The predicted octanol–water partition coefficient (Wildman–Crippen LogP) is 0.347. The van der Waals surface area contributed by atoms with Crippen LogP contribution in [0.15, 0.2) is 29.4 Å². The number of benzene rings is 1. The molecule has 0 saturated carbocycles. The Morgan fingerprint density at radius 2 is 2.24 bits per heavy atom. The minimum absolute atomic E-state index is 0.103. The quantitative estimate of drug-likeness (QED) is 0.858. The van der Waals surface area contributed by atoms with Gasteiger partial charge in [0.05, 0.1) is 10.5 Å². The van der Waals surface area contributed by atoms with Crippen molar-refractivity contribution >= 4 is 10.0 Å². The normalized spacial score (nSPS) is 11.3. The van der Waals surface area contributed by atoms with Gasteiger partial charge in [0, 0.05) is 20.0 Å². The van der Waals surface area contributed by atoms with Crippen LogP contribution in [0.5, 0.6) is 0 Å². The fourth-order valence-electron chi connectivity index (χ4n) is 1.64. The highest BCUT2D eigenvalue weighted by Crippen LogP contribution is 2.14. The van der Waals surface area contributed by atoms with Crippen molar-refractivity contribution in [1.29, 1.82) is 5.26 Å². The van der Waals surface area contributed by atoms with E-state index >= 15 is 0 Å². The van der Waals surface area contributed by atoms with Crippen LogP contribution in [0.2, 0.25) is 0 Å². The molecule has 9 heteroatoms. The molecule has 0 aliphatic carbocycles. The molecular weight excluding hydrogens is 297 g/mol. The molecule has 110 valence electrons. The largest absolute Gasteiger partial charge is 0.256 e. The van der Waals surface area contributed by atoms with Crippen LogP contribution in [0.3, 0.4) is 0 Å². The number of hydrogen-bond donors (Lipinski definition) is 1. The Morgan fingerprint density at radius 3 is 2.86 bits per heavy atom. The summed E-state index contributed by atoms with van der Waals surface area (Å²) in [6.45, 7) is 0.103. The Morgan fingerprint density at radius 1 is 1.48 bits per heavy atom. The first kappa shape index (κ1) is 15.1. The summed E-state index contributed by atoms with van der Waals surface area (Å²) in [7, 11) is -2.09. The summed E-state index contributed by atoms with van der Waals surface area (Å²) in [4.78, 5) is 3.81. The lowest BCUT2D eigenvalue weighted by atomic mass is 10.2. The Balaban J connectivity index is 2.06. The zero-order valence-electron chi connectivity index (χ0n) is 11.1. The molecule has 1 aromatic heterocycles. The molecule has 1 heterocycles. The van der Waals surface area contributed by atoms with Gasteiger partial charge in [-0.1, -0.05) is 0 Å². The number of nitrogens with one attached hydrogen (secondary N) is 1. The van der Waals surface area contributed by atoms with E-state index in [9.17, 15) is 12.8 Å². The van der Waals surface area contributed by atoms with Crippen molar-refractivity contribution in [2.24, 2.45) is 7.05 Å². The molecule has 1 aromatic carbocycles. The monoisotopic (exact) mass is 309 g/mol. The molecule has 0 bridgehead atoms. The smallest absolute Gasteiger partial charge is 0.240 e. The third kappa shape index (κ3) is 3.62. The number of sulfonamides is 1. The second-order valence-electron chi connectivity index (χ2n) is 4.24. The van der Waals surface area contributed by atoms with Gasteiger partial charge >= 0.3 is 0 Å². The highest BCUT2D eigenvalue weighted by molar-refractivity contribution is 7.89. The molecule has 1 N–H and O–H groups in total. The van der Waals surface area contributed by atoms with E-state index in [-0.39, 0.29) is 17.0 Å². The number of aromatic nitrogens is 3. The molecule has 2 aromatic rings. The number of rotatable bonds is 5. The van der Waals surface area contributed by atoms with Crippen molar-refractivity contribution in [1.82, 2.24) is 19.5 Å². The lowest BCUT2D eigenvalue weighted by molar-refractivity contribution is 0.579. The summed E-state index contributed by atoms with van der Waals surface area (Å²) in [5, 5.41) is 12.7. The standard InChI is InChI=1S/C12H12FN5O2S/c1-18-8-15-12(17-18)4-5-16-21(19,20)10-2-3-11(13)9(6-10)7-14/h2-3,6,8,16H,4-5H2,1H3. The number of halogens is 1. The third-order valence-corrected chi connectivity index (χ3v) is 4.12. The van der Waals surface area contributed by atoms with Crippen LogP contribution in [-0.2, 0) is 23.5 Å². The summed E-state index contributed by atoms with van der Waals surface area (Å²) >= 11 is 0. The van der Waals surface area contributed by atoms with Crippen molar-refractivity contribution in [3.05, 3.63) is 41.7 Å². The van der Waals surface area contributed by atoms with Gasteiger partial charge in [0.15, 0.2) is 5.82 Å². The van der Waals surface area contributed by atoms with E-state index in [2.05, 4.69) is 14.8 Å². The fourth-order valence-corrected chi connectivity index (χ4v) is 2.69. The molecular formula is C12H12FN5O2S. The van der Waals surface area contributed by atoms with Gasteiger partial charge in [0.2, 0.25) is 10.0 Å². The topological polar surface area (TPSA) is 101 Å².